The van der Waals surface area contributed by atoms with Crippen molar-refractivity contribution >= 4 is 23.8 Å². The molecule has 4 aromatic rings. The van der Waals surface area contributed by atoms with Gasteiger partial charge < -0.3 is 9.84 Å². The number of ether oxygens (including phenoxy) is 1. The van der Waals surface area contributed by atoms with Gasteiger partial charge in [0.2, 0.25) is 0 Å². The zero-order valence-corrected chi connectivity index (χ0v) is 17.2. The van der Waals surface area contributed by atoms with E-state index in [1.807, 2.05) is 84.9 Å². The number of hydrazone groups is 2. The molecule has 0 saturated carbocycles. The van der Waals surface area contributed by atoms with Gasteiger partial charge in [-0.3, -0.25) is 10.9 Å². The fourth-order valence-electron chi connectivity index (χ4n) is 2.83. The molecule has 0 amide bonds. The molecule has 0 saturated heterocycles. The average Bonchev–Trinajstić information content (AvgIpc) is 2.84. The number of nitrogens with zero attached hydrogens (tertiary/aromatic N) is 2. The molecule has 0 aliphatic rings. The van der Waals surface area contributed by atoms with E-state index in [1.54, 1.807) is 30.6 Å². The highest BCUT2D eigenvalue weighted by Crippen LogP contribution is 2.31. The summed E-state index contributed by atoms with van der Waals surface area (Å²) in [7, 11) is 0. The lowest BCUT2D eigenvalue weighted by Gasteiger charge is -2.09. The van der Waals surface area contributed by atoms with Crippen LogP contribution in [0.2, 0.25) is 0 Å². The van der Waals surface area contributed by atoms with Gasteiger partial charge >= 0.3 is 0 Å². The Kier molecular flexibility index (Phi) is 6.75. The molecule has 32 heavy (non-hydrogen) atoms. The van der Waals surface area contributed by atoms with Crippen LogP contribution in [0.1, 0.15) is 11.1 Å². The van der Waals surface area contributed by atoms with Gasteiger partial charge in [0.15, 0.2) is 11.5 Å². The standard InChI is InChI=1S/C26H22N4O2/c31-25-16-13-21(19-28-30-23-9-5-2-6-10-23)17-26(25)32-24-14-11-20(12-15-24)18-27-29-22-7-3-1-4-8-22/h1-19,29-31H/b27-18+,28-19+. The molecule has 0 atom stereocenters. The first kappa shape index (κ1) is 20.7. The maximum Gasteiger partial charge on any atom is 0.169 e. The third-order valence-corrected chi connectivity index (χ3v) is 4.45. The van der Waals surface area contributed by atoms with E-state index < -0.39 is 0 Å². The number of hydrogen-bond donors (Lipinski definition) is 3. The van der Waals surface area contributed by atoms with Gasteiger partial charge in [0.25, 0.3) is 0 Å². The summed E-state index contributed by atoms with van der Waals surface area (Å²) in [6.07, 6.45) is 3.39. The van der Waals surface area contributed by atoms with E-state index in [4.69, 9.17) is 4.74 Å². The number of rotatable bonds is 8. The zero-order chi connectivity index (χ0) is 22.0. The maximum atomic E-state index is 10.2. The van der Waals surface area contributed by atoms with Gasteiger partial charge in [-0.1, -0.05) is 36.4 Å². The number of nitrogens with one attached hydrogen (secondary N) is 2. The van der Waals surface area contributed by atoms with Crippen LogP contribution in [-0.2, 0) is 0 Å². The number of anilines is 2. The minimum absolute atomic E-state index is 0.0517. The first-order valence-corrected chi connectivity index (χ1v) is 10.1. The number of phenolic OH excluding ortho intramolecular Hbond substituents is 1. The Hall–Kier alpha value is -4.58. The number of phenols is 1. The minimum atomic E-state index is 0.0517. The molecule has 6 nitrogen and oxygen atoms in total. The van der Waals surface area contributed by atoms with E-state index >= 15 is 0 Å². The summed E-state index contributed by atoms with van der Waals surface area (Å²) in [5.41, 5.74) is 9.45. The Labute approximate surface area is 186 Å². The molecule has 3 N–H and O–H groups in total. The topological polar surface area (TPSA) is 78.2 Å². The van der Waals surface area contributed by atoms with E-state index in [0.29, 0.717) is 11.5 Å². The van der Waals surface area contributed by atoms with E-state index in [1.165, 1.54) is 0 Å². The predicted octanol–water partition coefficient (Wildman–Crippen LogP) is 6.08. The van der Waals surface area contributed by atoms with Crippen molar-refractivity contribution in [2.45, 2.75) is 0 Å². The lowest BCUT2D eigenvalue weighted by atomic mass is 10.2. The van der Waals surface area contributed by atoms with Crippen molar-refractivity contribution in [1.29, 1.82) is 0 Å². The van der Waals surface area contributed by atoms with E-state index in [2.05, 4.69) is 21.1 Å². The van der Waals surface area contributed by atoms with Crippen molar-refractivity contribution in [1.82, 2.24) is 0 Å². The molecule has 4 rings (SSSR count). The summed E-state index contributed by atoms with van der Waals surface area (Å²) in [4.78, 5) is 0. The second-order valence-corrected chi connectivity index (χ2v) is 6.87. The van der Waals surface area contributed by atoms with Crippen LogP contribution in [0.15, 0.2) is 113 Å². The molecule has 0 heterocycles. The van der Waals surface area contributed by atoms with Crippen molar-refractivity contribution in [2.24, 2.45) is 10.2 Å². The third-order valence-electron chi connectivity index (χ3n) is 4.45. The summed E-state index contributed by atoms with van der Waals surface area (Å²) < 4.78 is 5.85. The molecule has 4 aromatic carbocycles. The number of para-hydroxylation sites is 2. The quantitative estimate of drug-likeness (QED) is 0.238. The Bertz CT molecular complexity index is 1190. The van der Waals surface area contributed by atoms with Crippen LogP contribution < -0.4 is 15.6 Å². The first-order chi connectivity index (χ1) is 15.8. The molecule has 0 aliphatic carbocycles. The smallest absolute Gasteiger partial charge is 0.169 e. The lowest BCUT2D eigenvalue weighted by molar-refractivity contribution is 0.411. The van der Waals surface area contributed by atoms with Crippen LogP contribution in [0.25, 0.3) is 0 Å². The number of benzene rings is 4. The SMILES string of the molecule is Oc1ccc(/C=N/Nc2ccccc2)cc1Oc1ccc(/C=N/Nc2ccccc2)cc1. The Morgan fingerprint density at radius 3 is 1.75 bits per heavy atom. The minimum Gasteiger partial charge on any atom is -0.504 e. The highest BCUT2D eigenvalue weighted by atomic mass is 16.5. The third kappa shape index (κ3) is 5.96. The monoisotopic (exact) mass is 422 g/mol. The van der Waals surface area contributed by atoms with E-state index in [0.717, 1.165) is 22.5 Å². The fourth-order valence-corrected chi connectivity index (χ4v) is 2.83. The molecule has 158 valence electrons. The van der Waals surface area contributed by atoms with Crippen LogP contribution in [0.4, 0.5) is 11.4 Å². The zero-order valence-electron chi connectivity index (χ0n) is 17.2. The van der Waals surface area contributed by atoms with Crippen LogP contribution in [0.5, 0.6) is 17.2 Å². The Balaban J connectivity index is 1.37. The predicted molar refractivity (Wildman–Crippen MR) is 130 cm³/mol. The summed E-state index contributed by atoms with van der Waals surface area (Å²) in [5.74, 6) is 1.00. The largest absolute Gasteiger partial charge is 0.504 e. The van der Waals surface area contributed by atoms with Gasteiger partial charge in [0, 0.05) is 0 Å². The van der Waals surface area contributed by atoms with Gasteiger partial charge in [-0.15, -0.1) is 0 Å². The van der Waals surface area contributed by atoms with Crippen LogP contribution in [0, 0.1) is 0 Å². The molecule has 6 heteroatoms. The van der Waals surface area contributed by atoms with Crippen molar-refractivity contribution in [2.75, 3.05) is 10.9 Å². The van der Waals surface area contributed by atoms with Gasteiger partial charge in [-0.05, 0) is 77.9 Å². The first-order valence-electron chi connectivity index (χ1n) is 10.1. The van der Waals surface area contributed by atoms with Crippen molar-refractivity contribution in [3.8, 4) is 17.2 Å². The molecule has 0 unspecified atom stereocenters. The van der Waals surface area contributed by atoms with Crippen LogP contribution in [0.3, 0.4) is 0 Å². The summed E-state index contributed by atoms with van der Waals surface area (Å²) in [5, 5.41) is 18.6. The average molecular weight is 422 g/mol. The molecular formula is C26H22N4O2. The van der Waals surface area contributed by atoms with Crippen molar-refractivity contribution in [3.63, 3.8) is 0 Å². The van der Waals surface area contributed by atoms with Crippen LogP contribution >= 0.6 is 0 Å². The number of hydrogen-bond acceptors (Lipinski definition) is 6. The number of aromatic hydroxyl groups is 1. The summed E-state index contributed by atoms with van der Waals surface area (Å²) in [6.45, 7) is 0. The molecule has 0 aromatic heterocycles. The second kappa shape index (κ2) is 10.4. The van der Waals surface area contributed by atoms with Crippen molar-refractivity contribution < 1.29 is 9.84 Å². The maximum absolute atomic E-state index is 10.2. The Morgan fingerprint density at radius 1 is 0.625 bits per heavy atom. The second-order valence-electron chi connectivity index (χ2n) is 6.87. The molecule has 0 radical (unpaired) electrons. The van der Waals surface area contributed by atoms with Gasteiger partial charge in [0.1, 0.15) is 5.75 Å². The van der Waals surface area contributed by atoms with Gasteiger partial charge in [-0.25, -0.2) is 0 Å². The molecule has 0 fully saturated rings. The molecule has 0 aliphatic heterocycles. The highest BCUT2D eigenvalue weighted by Gasteiger charge is 2.05. The lowest BCUT2D eigenvalue weighted by Crippen LogP contribution is -1.92. The van der Waals surface area contributed by atoms with Gasteiger partial charge in [0.05, 0.1) is 23.8 Å². The van der Waals surface area contributed by atoms with Crippen LogP contribution in [-0.4, -0.2) is 17.5 Å². The highest BCUT2D eigenvalue weighted by molar-refractivity contribution is 5.82. The van der Waals surface area contributed by atoms with Gasteiger partial charge in [-0.2, -0.15) is 10.2 Å². The molecular weight excluding hydrogens is 400 g/mol. The molecule has 0 spiro atoms. The normalized spacial score (nSPS) is 11.0. The fraction of sp³-hybridized carbons (Fsp3) is 0. The van der Waals surface area contributed by atoms with E-state index in [9.17, 15) is 5.11 Å². The Morgan fingerprint density at radius 2 is 1.16 bits per heavy atom. The van der Waals surface area contributed by atoms with E-state index in [-0.39, 0.29) is 5.75 Å². The summed E-state index contributed by atoms with van der Waals surface area (Å²) >= 11 is 0. The van der Waals surface area contributed by atoms with Crippen molar-refractivity contribution in [3.05, 3.63) is 114 Å². The summed E-state index contributed by atoms with van der Waals surface area (Å²) in [6, 6.07) is 31.9. The molecule has 0 bridgehead atoms.